The van der Waals surface area contributed by atoms with Gasteiger partial charge in [0.1, 0.15) is 0 Å². The van der Waals surface area contributed by atoms with Gasteiger partial charge in [-0.2, -0.15) is 5.10 Å². The van der Waals surface area contributed by atoms with Gasteiger partial charge >= 0.3 is 0 Å². The van der Waals surface area contributed by atoms with Crippen molar-refractivity contribution in [3.63, 3.8) is 0 Å². The molecule has 178 valence electrons. The fourth-order valence-corrected chi connectivity index (χ4v) is 5.46. The number of carbonyl (C=O) groups is 1. The lowest BCUT2D eigenvalue weighted by Gasteiger charge is -2.35. The molecule has 0 radical (unpaired) electrons. The molecule has 2 unspecified atom stereocenters. The van der Waals surface area contributed by atoms with E-state index in [9.17, 15) is 4.79 Å². The van der Waals surface area contributed by atoms with Gasteiger partial charge in [-0.05, 0) is 43.7 Å². The number of fused-ring (bicyclic) bond motifs is 3. The van der Waals surface area contributed by atoms with Crippen molar-refractivity contribution in [2.24, 2.45) is 0 Å². The molecule has 35 heavy (non-hydrogen) atoms. The number of amides is 1. The van der Waals surface area contributed by atoms with E-state index in [0.717, 1.165) is 47.6 Å². The van der Waals surface area contributed by atoms with Crippen molar-refractivity contribution in [3.05, 3.63) is 78.5 Å². The van der Waals surface area contributed by atoms with Crippen molar-refractivity contribution in [2.75, 3.05) is 31.1 Å². The van der Waals surface area contributed by atoms with Crippen LogP contribution >= 0.6 is 0 Å². The molecule has 3 aromatic heterocycles. The first-order valence-electron chi connectivity index (χ1n) is 12.2. The predicted molar refractivity (Wildman–Crippen MR) is 136 cm³/mol. The van der Waals surface area contributed by atoms with Gasteiger partial charge in [-0.25, -0.2) is 4.68 Å². The summed E-state index contributed by atoms with van der Waals surface area (Å²) in [5.41, 5.74) is 4.86. The maximum Gasteiger partial charge on any atom is 0.226 e. The molecule has 8 nitrogen and oxygen atoms in total. The van der Waals surface area contributed by atoms with Crippen molar-refractivity contribution < 1.29 is 4.79 Å². The Kier molecular flexibility index (Phi) is 5.66. The Hall–Kier alpha value is -3.78. The van der Waals surface area contributed by atoms with E-state index < -0.39 is 0 Å². The number of nitrogens with zero attached hydrogens (tertiary/aromatic N) is 6. The second kappa shape index (κ2) is 9.11. The molecule has 1 N–H and O–H groups in total. The normalized spacial score (nSPS) is 19.5. The van der Waals surface area contributed by atoms with Crippen LogP contribution in [0.5, 0.6) is 0 Å². The summed E-state index contributed by atoms with van der Waals surface area (Å²) in [7, 11) is 0. The maximum atomic E-state index is 12.6. The molecule has 2 aliphatic rings. The number of aromatic nitrogens is 4. The molecule has 1 amide bonds. The van der Waals surface area contributed by atoms with E-state index in [1.165, 1.54) is 12.1 Å². The summed E-state index contributed by atoms with van der Waals surface area (Å²) in [5.74, 6) is 0.00395. The lowest BCUT2D eigenvalue weighted by atomic mass is 10.2. The van der Waals surface area contributed by atoms with Crippen molar-refractivity contribution in [3.8, 4) is 5.69 Å². The monoisotopic (exact) mass is 467 g/mol. The average molecular weight is 468 g/mol. The Morgan fingerprint density at radius 2 is 1.91 bits per heavy atom. The zero-order valence-electron chi connectivity index (χ0n) is 19.8. The molecule has 4 aromatic rings. The van der Waals surface area contributed by atoms with Crippen LogP contribution in [-0.4, -0.2) is 68.8 Å². The Bertz CT molecular complexity index is 1350. The quantitative estimate of drug-likeness (QED) is 0.450. The van der Waals surface area contributed by atoms with Crippen molar-refractivity contribution in [2.45, 2.75) is 31.8 Å². The number of aryl methyl sites for hydroxylation is 1. The number of anilines is 1. The van der Waals surface area contributed by atoms with Crippen LogP contribution in [0.25, 0.3) is 16.6 Å². The number of hydrogen-bond acceptors (Lipinski definition) is 6. The summed E-state index contributed by atoms with van der Waals surface area (Å²) in [4.78, 5) is 26.4. The second-order valence-corrected chi connectivity index (χ2v) is 9.50. The minimum atomic E-state index is 0.00395. The summed E-state index contributed by atoms with van der Waals surface area (Å²) in [6.07, 6.45) is 6.86. The zero-order chi connectivity index (χ0) is 23.8. The van der Waals surface area contributed by atoms with E-state index in [-0.39, 0.29) is 12.3 Å². The highest BCUT2D eigenvalue weighted by Gasteiger charge is 2.42. The molecule has 2 atom stereocenters. The van der Waals surface area contributed by atoms with Gasteiger partial charge in [0.2, 0.25) is 5.91 Å². The number of benzene rings is 1. The molecule has 1 aromatic carbocycles. The van der Waals surface area contributed by atoms with Crippen molar-refractivity contribution in [1.82, 2.24) is 30.0 Å². The number of hydrogen-bond donors (Lipinski definition) is 1. The number of likely N-dealkylation sites (tertiary alicyclic amines) is 1. The van der Waals surface area contributed by atoms with Crippen molar-refractivity contribution in [1.29, 1.82) is 0 Å². The van der Waals surface area contributed by atoms with Crippen LogP contribution in [0.1, 0.15) is 17.8 Å². The lowest BCUT2D eigenvalue weighted by Crippen LogP contribution is -2.48. The minimum absolute atomic E-state index is 0.00395. The fraction of sp³-hybridized carbons (Fsp3) is 0.333. The first kappa shape index (κ1) is 21.7. The summed E-state index contributed by atoms with van der Waals surface area (Å²) < 4.78 is 1.85. The van der Waals surface area contributed by atoms with Crippen LogP contribution in [0.15, 0.2) is 67.1 Å². The average Bonchev–Trinajstić information content (AvgIpc) is 3.59. The molecule has 8 heteroatoms. The third-order valence-corrected chi connectivity index (χ3v) is 7.14. The van der Waals surface area contributed by atoms with Crippen LogP contribution in [0.3, 0.4) is 0 Å². The highest BCUT2D eigenvalue weighted by atomic mass is 16.1. The van der Waals surface area contributed by atoms with Gasteiger partial charge in [-0.3, -0.25) is 19.7 Å². The van der Waals surface area contributed by atoms with Gasteiger partial charge in [-0.15, -0.1) is 0 Å². The number of para-hydroxylation sites is 1. The van der Waals surface area contributed by atoms with E-state index in [1.807, 2.05) is 36.0 Å². The van der Waals surface area contributed by atoms with Crippen LogP contribution < -0.4 is 10.2 Å². The smallest absolute Gasteiger partial charge is 0.226 e. The van der Waals surface area contributed by atoms with E-state index in [2.05, 4.69) is 60.5 Å². The molecule has 2 fully saturated rings. The van der Waals surface area contributed by atoms with E-state index >= 15 is 0 Å². The second-order valence-electron chi connectivity index (χ2n) is 9.50. The van der Waals surface area contributed by atoms with Gasteiger partial charge in [0.25, 0.3) is 0 Å². The minimum Gasteiger partial charge on any atom is -0.366 e. The van der Waals surface area contributed by atoms with Crippen LogP contribution in [0, 0.1) is 6.92 Å². The van der Waals surface area contributed by atoms with Crippen molar-refractivity contribution >= 4 is 22.5 Å². The molecule has 0 saturated carbocycles. The van der Waals surface area contributed by atoms with E-state index in [4.69, 9.17) is 0 Å². The number of pyridine rings is 2. The lowest BCUT2D eigenvalue weighted by molar-refractivity contribution is -0.120. The molecule has 0 spiro atoms. The Morgan fingerprint density at radius 1 is 1.03 bits per heavy atom. The molecular weight excluding hydrogens is 438 g/mol. The first-order valence-corrected chi connectivity index (χ1v) is 12.2. The summed E-state index contributed by atoms with van der Waals surface area (Å²) in [6.45, 7) is 5.64. The summed E-state index contributed by atoms with van der Waals surface area (Å²) >= 11 is 0. The summed E-state index contributed by atoms with van der Waals surface area (Å²) in [6, 6.07) is 17.7. The first-order chi connectivity index (χ1) is 17.1. The third kappa shape index (κ3) is 4.37. The van der Waals surface area contributed by atoms with Gasteiger partial charge in [0, 0.05) is 61.2 Å². The van der Waals surface area contributed by atoms with Gasteiger partial charge < -0.3 is 10.2 Å². The Morgan fingerprint density at radius 3 is 2.71 bits per heavy atom. The number of piperazine rings is 1. The zero-order valence-corrected chi connectivity index (χ0v) is 19.8. The molecular formula is C27H29N7O. The predicted octanol–water partition coefficient (Wildman–Crippen LogP) is 2.75. The number of rotatable bonds is 7. The molecule has 0 aliphatic carbocycles. The summed E-state index contributed by atoms with van der Waals surface area (Å²) in [5, 5.41) is 8.55. The SMILES string of the molecule is Cc1cc(-n2ncc3cc(CC(=O)NCCN4CC5CC4CN5c4ccccc4)ncc32)ccn1. The van der Waals surface area contributed by atoms with E-state index in [1.54, 1.807) is 12.4 Å². The fourth-order valence-electron chi connectivity index (χ4n) is 5.46. The van der Waals surface area contributed by atoms with Gasteiger partial charge in [0.15, 0.2) is 0 Å². The topological polar surface area (TPSA) is 79.2 Å². The molecule has 2 aliphatic heterocycles. The third-order valence-electron chi connectivity index (χ3n) is 7.14. The molecule has 5 heterocycles. The Labute approximate surface area is 204 Å². The molecule has 6 rings (SSSR count). The van der Waals surface area contributed by atoms with Crippen LogP contribution in [0.4, 0.5) is 5.69 Å². The highest BCUT2D eigenvalue weighted by molar-refractivity contribution is 5.82. The Balaban J connectivity index is 1.01. The van der Waals surface area contributed by atoms with Gasteiger partial charge in [0.05, 0.1) is 35.7 Å². The number of carbonyl (C=O) groups excluding carboxylic acids is 1. The highest BCUT2D eigenvalue weighted by Crippen LogP contribution is 2.34. The van der Waals surface area contributed by atoms with E-state index in [0.29, 0.717) is 18.6 Å². The maximum absolute atomic E-state index is 12.6. The molecule has 2 bridgehead atoms. The van der Waals surface area contributed by atoms with Gasteiger partial charge in [-0.1, -0.05) is 18.2 Å². The molecule has 2 saturated heterocycles. The van der Waals surface area contributed by atoms with Crippen LogP contribution in [-0.2, 0) is 11.2 Å². The standard InChI is InChI=1S/C27H29N7O/c1-19-11-23(7-8-28-19)34-26-16-30-21(12-20(26)15-31-34)13-27(35)29-9-10-32-17-25-14-24(32)18-33(25)22-5-3-2-4-6-22/h2-8,11-12,15-16,24-25H,9-10,13-14,17-18H2,1H3,(H,29,35). The van der Waals surface area contributed by atoms with Crippen LogP contribution in [0.2, 0.25) is 0 Å². The largest absolute Gasteiger partial charge is 0.366 e. The number of nitrogens with one attached hydrogen (secondary N) is 1.